The van der Waals surface area contributed by atoms with Crippen molar-refractivity contribution in [2.45, 2.75) is 22.7 Å². The van der Waals surface area contributed by atoms with E-state index < -0.39 is 28.9 Å². The van der Waals surface area contributed by atoms with Crippen LogP contribution >= 0.6 is 11.8 Å². The van der Waals surface area contributed by atoms with Crippen LogP contribution in [0.1, 0.15) is 23.7 Å². The highest BCUT2D eigenvalue weighted by Gasteiger charge is 2.50. The number of thioether (sulfide) groups is 1. The van der Waals surface area contributed by atoms with Gasteiger partial charge in [-0.1, -0.05) is 12.1 Å². The number of nitrogens with one attached hydrogen (secondary N) is 1. The fourth-order valence-electron chi connectivity index (χ4n) is 2.80. The van der Waals surface area contributed by atoms with Crippen LogP contribution in [0.3, 0.4) is 0 Å². The molecule has 25 heavy (non-hydrogen) atoms. The summed E-state index contributed by atoms with van der Waals surface area (Å²) in [5.74, 6) is -0.0584. The van der Waals surface area contributed by atoms with Crippen molar-refractivity contribution in [2.24, 2.45) is 0 Å². The van der Waals surface area contributed by atoms with Crippen LogP contribution in [0, 0.1) is 0 Å². The average Bonchev–Trinajstić information content (AvgIpc) is 3.11. The van der Waals surface area contributed by atoms with Crippen molar-refractivity contribution < 1.29 is 27.4 Å². The number of H-pyrrole nitrogens is 1. The first-order valence-electron chi connectivity index (χ1n) is 7.18. The Morgan fingerprint density at radius 3 is 2.76 bits per heavy atom. The number of hydrogen-bond acceptors (Lipinski definition) is 4. The van der Waals surface area contributed by atoms with Gasteiger partial charge in [0.2, 0.25) is 0 Å². The maximum Gasteiger partial charge on any atom is 0.327 e. The van der Waals surface area contributed by atoms with Gasteiger partial charge in [0.25, 0.3) is 6.43 Å². The molecule has 0 amide bonds. The van der Waals surface area contributed by atoms with Crippen molar-refractivity contribution in [3.8, 4) is 11.5 Å². The maximum absolute atomic E-state index is 13.7. The fourth-order valence-corrected chi connectivity index (χ4v) is 3.79. The Labute approximate surface area is 142 Å². The summed E-state index contributed by atoms with van der Waals surface area (Å²) in [6.45, 7) is 0. The minimum atomic E-state index is -3.56. The van der Waals surface area contributed by atoms with E-state index in [4.69, 9.17) is 4.74 Å². The van der Waals surface area contributed by atoms with Crippen molar-refractivity contribution >= 4 is 22.7 Å². The van der Waals surface area contributed by atoms with Crippen molar-refractivity contribution in [2.75, 3.05) is 0 Å². The van der Waals surface area contributed by atoms with E-state index in [1.54, 1.807) is 24.4 Å². The van der Waals surface area contributed by atoms with Gasteiger partial charge in [-0.3, -0.25) is 5.10 Å². The number of aromatic nitrogens is 2. The third-order valence-electron chi connectivity index (χ3n) is 3.92. The first-order valence-corrected chi connectivity index (χ1v) is 8.00. The van der Waals surface area contributed by atoms with E-state index in [2.05, 4.69) is 10.2 Å². The molecule has 0 saturated heterocycles. The van der Waals surface area contributed by atoms with Crippen LogP contribution in [0.5, 0.6) is 11.5 Å². The molecule has 0 saturated carbocycles. The molecule has 4 rings (SSSR count). The summed E-state index contributed by atoms with van der Waals surface area (Å²) in [7, 11) is 0. The quantitative estimate of drug-likeness (QED) is 0.636. The summed E-state index contributed by atoms with van der Waals surface area (Å²) in [5.41, 5.74) is -0.728. The smallest absolute Gasteiger partial charge is 0.327 e. The second-order valence-corrected chi connectivity index (χ2v) is 6.64. The molecule has 1 aliphatic heterocycles. The number of hydrogen-bond donors (Lipinski definition) is 2. The van der Waals surface area contributed by atoms with Gasteiger partial charge in [-0.05, 0) is 30.0 Å². The molecule has 0 radical (unpaired) electrons. The molecule has 0 spiro atoms. The van der Waals surface area contributed by atoms with Crippen molar-refractivity contribution in [1.29, 1.82) is 0 Å². The third kappa shape index (κ3) is 2.54. The lowest BCUT2D eigenvalue weighted by atomic mass is 10.0. The molecule has 0 aliphatic carbocycles. The first kappa shape index (κ1) is 16.2. The Kier molecular flexibility index (Phi) is 3.66. The van der Waals surface area contributed by atoms with Gasteiger partial charge >= 0.3 is 5.25 Å². The maximum atomic E-state index is 13.7. The lowest BCUT2D eigenvalue weighted by Crippen LogP contribution is -2.17. The Balaban J connectivity index is 1.84. The van der Waals surface area contributed by atoms with Gasteiger partial charge in [-0.25, -0.2) is 8.78 Å². The van der Waals surface area contributed by atoms with Gasteiger partial charge in [0.05, 0.1) is 11.8 Å². The summed E-state index contributed by atoms with van der Waals surface area (Å²) in [5, 5.41) is 13.5. The highest BCUT2D eigenvalue weighted by Crippen LogP contribution is 2.57. The molecular formula is C16H10F4N2O2S. The van der Waals surface area contributed by atoms with Crippen LogP contribution in [0.15, 0.2) is 41.4 Å². The van der Waals surface area contributed by atoms with Crippen LogP contribution in [0.2, 0.25) is 0 Å². The van der Waals surface area contributed by atoms with Crippen molar-refractivity contribution in [3.05, 3.63) is 47.7 Å². The monoisotopic (exact) mass is 370 g/mol. The number of halogens is 4. The Hall–Kier alpha value is -2.26. The highest BCUT2D eigenvalue weighted by molar-refractivity contribution is 8.00. The molecule has 0 bridgehead atoms. The number of aliphatic hydroxyl groups excluding tert-OH is 1. The molecule has 2 aromatic carbocycles. The molecule has 130 valence electrons. The van der Waals surface area contributed by atoms with E-state index in [1.165, 1.54) is 12.1 Å². The zero-order chi connectivity index (χ0) is 17.8. The van der Waals surface area contributed by atoms with Gasteiger partial charge in [-0.2, -0.15) is 13.9 Å². The van der Waals surface area contributed by atoms with Crippen molar-refractivity contribution in [1.82, 2.24) is 10.2 Å². The topological polar surface area (TPSA) is 58.1 Å². The van der Waals surface area contributed by atoms with Gasteiger partial charge in [0.1, 0.15) is 11.3 Å². The molecule has 2 N–H and O–H groups in total. The largest absolute Gasteiger partial charge is 0.455 e. The van der Waals surface area contributed by atoms with E-state index in [0.29, 0.717) is 10.9 Å². The molecule has 9 heteroatoms. The Bertz CT molecular complexity index is 960. The molecule has 1 atom stereocenters. The summed E-state index contributed by atoms with van der Waals surface area (Å²) in [6, 6.07) is 7.41. The number of fused-ring (bicyclic) bond motifs is 2. The normalized spacial score (nSPS) is 18.7. The predicted octanol–water partition coefficient (Wildman–Crippen LogP) is 5.02. The predicted molar refractivity (Wildman–Crippen MR) is 83.3 cm³/mol. The molecule has 1 aliphatic rings. The first-order chi connectivity index (χ1) is 11.9. The van der Waals surface area contributed by atoms with E-state index in [9.17, 15) is 22.7 Å². The van der Waals surface area contributed by atoms with Crippen molar-refractivity contribution in [3.63, 3.8) is 0 Å². The molecule has 1 unspecified atom stereocenters. The molecule has 0 fully saturated rings. The number of nitrogens with zero attached hydrogens (tertiary/aromatic N) is 1. The zero-order valence-electron chi connectivity index (χ0n) is 12.3. The van der Waals surface area contributed by atoms with Crippen LogP contribution in [0.4, 0.5) is 17.6 Å². The van der Waals surface area contributed by atoms with E-state index in [-0.39, 0.29) is 28.2 Å². The minimum Gasteiger partial charge on any atom is -0.455 e. The van der Waals surface area contributed by atoms with E-state index in [0.717, 1.165) is 0 Å². The Morgan fingerprint density at radius 2 is 2.00 bits per heavy atom. The fraction of sp³-hybridized carbons (Fsp3) is 0.188. The van der Waals surface area contributed by atoms with E-state index in [1.807, 2.05) is 0 Å². The third-order valence-corrected chi connectivity index (χ3v) is 4.99. The molecular weight excluding hydrogens is 360 g/mol. The lowest BCUT2D eigenvalue weighted by Gasteiger charge is -2.17. The van der Waals surface area contributed by atoms with Crippen LogP contribution in [-0.2, 0) is 0 Å². The summed E-state index contributed by atoms with van der Waals surface area (Å²) in [4.78, 5) is -0.0834. The van der Waals surface area contributed by atoms with Crippen LogP contribution in [-0.4, -0.2) is 20.6 Å². The van der Waals surface area contributed by atoms with Gasteiger partial charge < -0.3 is 9.84 Å². The molecule has 2 heterocycles. The number of rotatable bonds is 3. The number of alkyl halides is 4. The van der Waals surface area contributed by atoms with Gasteiger partial charge in [0.15, 0.2) is 11.9 Å². The standard InChI is InChI=1S/C16H10F4N2O2S/c17-15(18)11-8(4-5-10-12(11)14(23)16(19,20)25-10)24-9-3-1-2-7-6-21-22-13(7)9/h1-6,14-15,23H,(H,21,22). The second kappa shape index (κ2) is 5.63. The van der Waals surface area contributed by atoms with E-state index >= 15 is 0 Å². The molecule has 3 aromatic rings. The van der Waals surface area contributed by atoms with Gasteiger partial charge in [0, 0.05) is 15.8 Å². The number of para-hydroxylation sites is 1. The second-order valence-electron chi connectivity index (χ2n) is 5.45. The summed E-state index contributed by atoms with van der Waals surface area (Å²) < 4.78 is 60.2. The number of aromatic amines is 1. The van der Waals surface area contributed by atoms with Crippen LogP contribution < -0.4 is 4.74 Å². The number of ether oxygens (including phenoxy) is 1. The summed E-state index contributed by atoms with van der Waals surface area (Å²) >= 11 is 0.0636. The number of benzene rings is 2. The Morgan fingerprint density at radius 1 is 1.20 bits per heavy atom. The average molecular weight is 370 g/mol. The molecule has 1 aromatic heterocycles. The SMILES string of the molecule is OC1c2c(ccc(Oc3cccc4cn[nH]c34)c2C(F)F)SC1(F)F. The lowest BCUT2D eigenvalue weighted by molar-refractivity contribution is -0.0327. The van der Waals surface area contributed by atoms with Crippen LogP contribution in [0.25, 0.3) is 10.9 Å². The molecule has 4 nitrogen and oxygen atoms in total. The van der Waals surface area contributed by atoms with Gasteiger partial charge in [-0.15, -0.1) is 0 Å². The minimum absolute atomic E-state index is 0.0636. The highest BCUT2D eigenvalue weighted by atomic mass is 32.2. The number of aliphatic hydroxyl groups is 1. The summed E-state index contributed by atoms with van der Waals surface area (Å²) in [6.07, 6.45) is -3.86. The zero-order valence-corrected chi connectivity index (χ0v) is 13.2.